The van der Waals surface area contributed by atoms with Gasteiger partial charge < -0.3 is 14.8 Å². The second-order valence-electron chi connectivity index (χ2n) is 6.90. The molecule has 0 spiro atoms. The molecule has 10 heteroatoms. The van der Waals surface area contributed by atoms with Crippen LogP contribution in [-0.4, -0.2) is 49.7 Å². The molecule has 0 aliphatic carbocycles. The zero-order valence-corrected chi connectivity index (χ0v) is 17.9. The molecule has 162 valence electrons. The van der Waals surface area contributed by atoms with Crippen LogP contribution in [0.5, 0.6) is 11.5 Å². The van der Waals surface area contributed by atoms with Crippen molar-refractivity contribution in [3.05, 3.63) is 48.5 Å². The maximum Gasteiger partial charge on any atom is 0.241 e. The second-order valence-corrected chi connectivity index (χ2v) is 7.84. The van der Waals surface area contributed by atoms with Gasteiger partial charge in [-0.15, -0.1) is 0 Å². The van der Waals surface area contributed by atoms with Crippen molar-refractivity contribution in [3.8, 4) is 11.5 Å². The number of amides is 2. The fourth-order valence-corrected chi connectivity index (χ4v) is 4.25. The molecule has 31 heavy (non-hydrogen) atoms. The van der Waals surface area contributed by atoms with Gasteiger partial charge >= 0.3 is 0 Å². The topological polar surface area (TPSA) is 104 Å². The number of benzene rings is 2. The highest BCUT2D eigenvalue weighted by atomic mass is 32.2. The zero-order chi connectivity index (χ0) is 21.8. The molecule has 0 aromatic heterocycles. The summed E-state index contributed by atoms with van der Waals surface area (Å²) in [5, 5.41) is 3.32. The fourth-order valence-electron chi connectivity index (χ4n) is 3.40. The molecule has 2 aliphatic heterocycles. The summed E-state index contributed by atoms with van der Waals surface area (Å²) < 4.78 is 10.5. The van der Waals surface area contributed by atoms with Crippen molar-refractivity contribution >= 4 is 40.1 Å². The lowest BCUT2D eigenvalue weighted by Gasteiger charge is -2.32. The van der Waals surface area contributed by atoms with E-state index in [2.05, 4.69) is 21.2 Å². The van der Waals surface area contributed by atoms with Crippen LogP contribution in [-0.2, 0) is 9.59 Å². The van der Waals surface area contributed by atoms with Crippen LogP contribution in [0.2, 0.25) is 0 Å². The Bertz CT molecular complexity index is 1000. The molecule has 3 N–H and O–H groups in total. The van der Waals surface area contributed by atoms with Crippen LogP contribution in [0, 0.1) is 5.92 Å². The first-order chi connectivity index (χ1) is 15.1. The van der Waals surface area contributed by atoms with E-state index >= 15 is 0 Å². The number of amidine groups is 1. The largest absolute Gasteiger partial charge is 0.497 e. The molecule has 2 heterocycles. The highest BCUT2D eigenvalue weighted by Crippen LogP contribution is 2.31. The van der Waals surface area contributed by atoms with Gasteiger partial charge in [-0.1, -0.05) is 30.0 Å². The quantitative estimate of drug-likeness (QED) is 0.628. The second kappa shape index (κ2) is 9.38. The molecular weight excluding hydrogens is 418 g/mol. The van der Waals surface area contributed by atoms with E-state index in [4.69, 9.17) is 9.47 Å². The number of aliphatic imine (C=N–C) groups is 1. The number of ether oxygens (including phenoxy) is 2. The Labute approximate surface area is 184 Å². The summed E-state index contributed by atoms with van der Waals surface area (Å²) in [4.78, 5) is 32.0. The number of hydrogen-bond acceptors (Lipinski definition) is 8. The number of hydrogen-bond donors (Lipinski definition) is 3. The number of methoxy groups -OCH3 is 2. The molecule has 1 saturated heterocycles. The minimum atomic E-state index is -0.347. The van der Waals surface area contributed by atoms with E-state index in [1.165, 1.54) is 18.9 Å². The van der Waals surface area contributed by atoms with Crippen molar-refractivity contribution in [2.75, 3.05) is 36.7 Å². The summed E-state index contributed by atoms with van der Waals surface area (Å²) in [6.07, 6.45) is -0.347. The summed E-state index contributed by atoms with van der Waals surface area (Å²) in [6, 6.07) is 14.5. The van der Waals surface area contributed by atoms with Gasteiger partial charge in [-0.3, -0.25) is 19.9 Å². The van der Waals surface area contributed by atoms with Gasteiger partial charge in [0.25, 0.3) is 0 Å². The third-order valence-electron chi connectivity index (χ3n) is 4.96. The van der Waals surface area contributed by atoms with E-state index in [9.17, 15) is 9.59 Å². The molecule has 0 radical (unpaired) electrons. The number of nitrogens with zero attached hydrogens (tertiary/aromatic N) is 2. The van der Waals surface area contributed by atoms with E-state index in [0.29, 0.717) is 28.9 Å². The van der Waals surface area contributed by atoms with E-state index in [1.54, 1.807) is 30.2 Å². The number of carbonyl (C=O) groups is 2. The van der Waals surface area contributed by atoms with Gasteiger partial charge in [-0.05, 0) is 24.3 Å². The summed E-state index contributed by atoms with van der Waals surface area (Å²) in [7, 11) is 3.09. The Balaban J connectivity index is 1.49. The average Bonchev–Trinajstić information content (AvgIpc) is 3.27. The lowest BCUT2D eigenvalue weighted by molar-refractivity contribution is -0.121. The molecule has 2 aromatic rings. The fraction of sp³-hybridized carbons (Fsp3) is 0.286. The lowest BCUT2D eigenvalue weighted by Crippen LogP contribution is -2.49. The highest BCUT2D eigenvalue weighted by Gasteiger charge is 2.42. The van der Waals surface area contributed by atoms with E-state index in [-0.39, 0.29) is 29.7 Å². The van der Waals surface area contributed by atoms with Crippen molar-refractivity contribution in [1.82, 2.24) is 10.9 Å². The number of fused-ring (bicyclic) bond motifs is 1. The number of rotatable bonds is 6. The zero-order valence-electron chi connectivity index (χ0n) is 17.1. The SMILES string of the molecule is COc1ccc(NC(=O)CSC2=NC3NNCC3C(=O)N2c2ccccc2)c(OC)c1. The molecule has 4 rings (SSSR count). The van der Waals surface area contributed by atoms with Crippen molar-refractivity contribution in [2.45, 2.75) is 6.17 Å². The van der Waals surface area contributed by atoms with Crippen LogP contribution >= 0.6 is 11.8 Å². The number of hydrazine groups is 1. The predicted octanol–water partition coefficient (Wildman–Crippen LogP) is 1.83. The van der Waals surface area contributed by atoms with Gasteiger partial charge in [0.05, 0.1) is 37.3 Å². The smallest absolute Gasteiger partial charge is 0.241 e. The molecule has 2 aromatic carbocycles. The lowest BCUT2D eigenvalue weighted by atomic mass is 10.1. The molecule has 0 bridgehead atoms. The van der Waals surface area contributed by atoms with E-state index in [0.717, 1.165) is 5.69 Å². The first kappa shape index (κ1) is 21.2. The third kappa shape index (κ3) is 4.50. The van der Waals surface area contributed by atoms with Crippen molar-refractivity contribution < 1.29 is 19.1 Å². The summed E-state index contributed by atoms with van der Waals surface area (Å²) in [5.74, 6) is 0.625. The summed E-state index contributed by atoms with van der Waals surface area (Å²) in [6.45, 7) is 0.506. The normalized spacial score (nSPS) is 20.1. The van der Waals surface area contributed by atoms with Gasteiger partial charge in [-0.2, -0.15) is 0 Å². The van der Waals surface area contributed by atoms with Crippen molar-refractivity contribution in [1.29, 1.82) is 0 Å². The van der Waals surface area contributed by atoms with E-state index in [1.807, 2.05) is 30.3 Å². The van der Waals surface area contributed by atoms with Gasteiger partial charge in [0.1, 0.15) is 17.7 Å². The number of anilines is 2. The van der Waals surface area contributed by atoms with E-state index < -0.39 is 0 Å². The Hall–Kier alpha value is -3.08. The van der Waals surface area contributed by atoms with Gasteiger partial charge in [0.2, 0.25) is 11.8 Å². The molecule has 9 nitrogen and oxygen atoms in total. The molecule has 1 fully saturated rings. The Kier molecular flexibility index (Phi) is 6.40. The van der Waals surface area contributed by atoms with Crippen LogP contribution in [0.4, 0.5) is 11.4 Å². The van der Waals surface area contributed by atoms with Crippen molar-refractivity contribution in [3.63, 3.8) is 0 Å². The molecule has 2 atom stereocenters. The Morgan fingerprint density at radius 2 is 2.03 bits per heavy atom. The highest BCUT2D eigenvalue weighted by molar-refractivity contribution is 8.14. The molecule has 2 aliphatic rings. The summed E-state index contributed by atoms with van der Waals surface area (Å²) >= 11 is 1.21. The van der Waals surface area contributed by atoms with Gasteiger partial charge in [-0.25, -0.2) is 10.4 Å². The minimum absolute atomic E-state index is 0.0524. The molecule has 2 unspecified atom stereocenters. The summed E-state index contributed by atoms with van der Waals surface area (Å²) in [5.41, 5.74) is 7.27. The third-order valence-corrected chi connectivity index (χ3v) is 5.91. The molecule has 2 amide bonds. The van der Waals surface area contributed by atoms with Crippen LogP contribution < -0.4 is 30.5 Å². The van der Waals surface area contributed by atoms with Crippen LogP contribution in [0.25, 0.3) is 0 Å². The average molecular weight is 442 g/mol. The number of thioether (sulfide) groups is 1. The maximum absolute atomic E-state index is 13.1. The number of nitrogens with one attached hydrogen (secondary N) is 3. The van der Waals surface area contributed by atoms with Crippen LogP contribution in [0.15, 0.2) is 53.5 Å². The number of carbonyl (C=O) groups excluding carboxylic acids is 2. The number of para-hydroxylation sites is 1. The van der Waals surface area contributed by atoms with Crippen LogP contribution in [0.3, 0.4) is 0 Å². The maximum atomic E-state index is 13.1. The van der Waals surface area contributed by atoms with Gasteiger partial charge in [0.15, 0.2) is 5.17 Å². The monoisotopic (exact) mass is 441 g/mol. The standard InChI is InChI=1S/C21H23N5O4S/c1-29-14-8-9-16(17(10-14)30-2)23-18(27)12-31-21-24-19-15(11-22-25-19)20(28)26(21)13-6-4-3-5-7-13/h3-10,15,19,22,25H,11-12H2,1-2H3,(H,23,27). The minimum Gasteiger partial charge on any atom is -0.497 e. The first-order valence-corrected chi connectivity index (χ1v) is 10.7. The molecular formula is C21H23N5O4S. The first-order valence-electron chi connectivity index (χ1n) is 9.70. The van der Waals surface area contributed by atoms with Gasteiger partial charge in [0, 0.05) is 12.6 Å². The Morgan fingerprint density at radius 1 is 1.23 bits per heavy atom. The predicted molar refractivity (Wildman–Crippen MR) is 120 cm³/mol. The Morgan fingerprint density at radius 3 is 2.77 bits per heavy atom. The van der Waals surface area contributed by atoms with Crippen LogP contribution in [0.1, 0.15) is 0 Å². The molecule has 0 saturated carbocycles. The van der Waals surface area contributed by atoms with Crippen molar-refractivity contribution in [2.24, 2.45) is 10.9 Å².